The molecule has 1 fully saturated rings. The van der Waals surface area contributed by atoms with Gasteiger partial charge in [-0.3, -0.25) is 4.79 Å². The fourth-order valence-corrected chi connectivity index (χ4v) is 4.91. The molecule has 0 unspecified atom stereocenters. The highest BCUT2D eigenvalue weighted by atomic mass is 32.2. The van der Waals surface area contributed by atoms with E-state index >= 15 is 0 Å². The predicted molar refractivity (Wildman–Crippen MR) is 136 cm³/mol. The van der Waals surface area contributed by atoms with E-state index in [0.29, 0.717) is 19.0 Å². The van der Waals surface area contributed by atoms with Crippen LogP contribution in [0.2, 0.25) is 0 Å². The van der Waals surface area contributed by atoms with Gasteiger partial charge in [-0.15, -0.1) is 0 Å². The minimum absolute atomic E-state index is 0.0552. The summed E-state index contributed by atoms with van der Waals surface area (Å²) in [5, 5.41) is 7.77. The van der Waals surface area contributed by atoms with Gasteiger partial charge in [-0.1, -0.05) is 54.2 Å². The van der Waals surface area contributed by atoms with Crippen LogP contribution < -0.4 is 15.5 Å². The number of imidazole rings is 1. The highest BCUT2D eigenvalue weighted by molar-refractivity contribution is 7.99. The zero-order valence-corrected chi connectivity index (χ0v) is 20.1. The molecule has 0 spiro atoms. The Morgan fingerprint density at radius 1 is 1.06 bits per heavy atom. The molecule has 0 radical (unpaired) electrons. The zero-order chi connectivity index (χ0) is 22.9. The first kappa shape index (κ1) is 23.4. The largest absolute Gasteiger partial charge is 0.371 e. The molecule has 2 N–H and O–H groups in total. The molecule has 0 aliphatic carbocycles. The summed E-state index contributed by atoms with van der Waals surface area (Å²) >= 11 is 1.80. The van der Waals surface area contributed by atoms with Gasteiger partial charge in [0.25, 0.3) is 0 Å². The summed E-state index contributed by atoms with van der Waals surface area (Å²) in [6, 6.07) is 19.0. The SMILES string of the molecule is Cn1ccnc1SCCNC1CCN(c2ccc(CC(=O)NCc3ccccc3)cc2)CC1. The number of benzene rings is 2. The molecular formula is C26H33N5OS. The maximum absolute atomic E-state index is 12.3. The Kier molecular flexibility index (Phi) is 8.44. The quantitative estimate of drug-likeness (QED) is 0.355. The molecule has 0 atom stereocenters. The van der Waals surface area contributed by atoms with Gasteiger partial charge in [-0.2, -0.15) is 0 Å². The van der Waals surface area contributed by atoms with Crippen molar-refractivity contribution in [2.45, 2.75) is 37.0 Å². The van der Waals surface area contributed by atoms with Gasteiger partial charge in [0.2, 0.25) is 5.91 Å². The van der Waals surface area contributed by atoms with Crippen LogP contribution in [0.25, 0.3) is 0 Å². The summed E-state index contributed by atoms with van der Waals surface area (Å²) in [5.74, 6) is 1.09. The average Bonchev–Trinajstić information content (AvgIpc) is 3.26. The number of nitrogens with one attached hydrogen (secondary N) is 2. The summed E-state index contributed by atoms with van der Waals surface area (Å²) in [7, 11) is 2.03. The first-order chi connectivity index (χ1) is 16.2. The smallest absolute Gasteiger partial charge is 0.224 e. The van der Waals surface area contributed by atoms with E-state index in [1.807, 2.05) is 49.8 Å². The molecule has 1 saturated heterocycles. The van der Waals surface area contributed by atoms with Crippen LogP contribution in [0.1, 0.15) is 24.0 Å². The molecule has 1 aromatic heterocycles. The van der Waals surface area contributed by atoms with Crippen LogP contribution in [0.5, 0.6) is 0 Å². The Hall–Kier alpha value is -2.77. The number of aromatic nitrogens is 2. The van der Waals surface area contributed by atoms with Crippen LogP contribution in [0.15, 0.2) is 72.1 Å². The van der Waals surface area contributed by atoms with Crippen molar-refractivity contribution in [1.82, 2.24) is 20.2 Å². The van der Waals surface area contributed by atoms with Gasteiger partial charge in [0, 0.05) is 63.1 Å². The summed E-state index contributed by atoms with van der Waals surface area (Å²) in [4.78, 5) is 19.1. The summed E-state index contributed by atoms with van der Waals surface area (Å²) in [5.41, 5.74) is 3.41. The van der Waals surface area contributed by atoms with Crippen LogP contribution in [-0.2, 0) is 24.8 Å². The molecule has 174 valence electrons. The minimum atomic E-state index is 0.0552. The fourth-order valence-electron chi connectivity index (χ4n) is 4.11. The Labute approximate surface area is 200 Å². The van der Waals surface area contributed by atoms with Crippen molar-refractivity contribution in [3.63, 3.8) is 0 Å². The van der Waals surface area contributed by atoms with Gasteiger partial charge in [-0.25, -0.2) is 4.98 Å². The highest BCUT2D eigenvalue weighted by Crippen LogP contribution is 2.21. The second-order valence-corrected chi connectivity index (χ2v) is 9.55. The number of amides is 1. The molecule has 6 nitrogen and oxygen atoms in total. The Balaban J connectivity index is 1.14. The predicted octanol–water partition coefficient (Wildman–Crippen LogP) is 3.63. The minimum Gasteiger partial charge on any atom is -0.371 e. The molecule has 33 heavy (non-hydrogen) atoms. The second kappa shape index (κ2) is 11.9. The molecule has 0 saturated carbocycles. The lowest BCUT2D eigenvalue weighted by Crippen LogP contribution is -2.43. The number of carbonyl (C=O) groups excluding carboxylic acids is 1. The Morgan fingerprint density at radius 2 is 1.82 bits per heavy atom. The van der Waals surface area contributed by atoms with Crippen molar-refractivity contribution < 1.29 is 4.79 Å². The van der Waals surface area contributed by atoms with E-state index in [4.69, 9.17) is 0 Å². The van der Waals surface area contributed by atoms with Crippen molar-refractivity contribution in [2.75, 3.05) is 30.3 Å². The third kappa shape index (κ3) is 7.11. The van der Waals surface area contributed by atoms with E-state index in [9.17, 15) is 4.79 Å². The molecular weight excluding hydrogens is 430 g/mol. The summed E-state index contributed by atoms with van der Waals surface area (Å²) < 4.78 is 2.06. The lowest BCUT2D eigenvalue weighted by molar-refractivity contribution is -0.120. The molecule has 0 bridgehead atoms. The van der Waals surface area contributed by atoms with Gasteiger partial charge < -0.3 is 20.1 Å². The maximum atomic E-state index is 12.3. The van der Waals surface area contributed by atoms with E-state index in [2.05, 4.69) is 49.4 Å². The number of anilines is 1. The maximum Gasteiger partial charge on any atom is 0.224 e. The Bertz CT molecular complexity index is 997. The van der Waals surface area contributed by atoms with Crippen LogP contribution in [-0.4, -0.2) is 46.9 Å². The van der Waals surface area contributed by atoms with Crippen molar-refractivity contribution >= 4 is 23.4 Å². The lowest BCUT2D eigenvalue weighted by atomic mass is 10.0. The van der Waals surface area contributed by atoms with E-state index in [1.165, 1.54) is 5.69 Å². The molecule has 1 aliphatic heterocycles. The van der Waals surface area contributed by atoms with Crippen molar-refractivity contribution in [1.29, 1.82) is 0 Å². The summed E-state index contributed by atoms with van der Waals surface area (Å²) in [6.07, 6.45) is 6.54. The number of aryl methyl sites for hydroxylation is 1. The van der Waals surface area contributed by atoms with Crippen molar-refractivity contribution in [2.24, 2.45) is 7.05 Å². The third-order valence-corrected chi connectivity index (χ3v) is 7.10. The molecule has 2 aromatic carbocycles. The molecule has 2 heterocycles. The van der Waals surface area contributed by atoms with Crippen LogP contribution >= 0.6 is 11.8 Å². The number of rotatable bonds is 10. The van der Waals surface area contributed by atoms with Crippen molar-refractivity contribution in [3.05, 3.63) is 78.1 Å². The van der Waals surface area contributed by atoms with Crippen molar-refractivity contribution in [3.8, 4) is 0 Å². The van der Waals surface area contributed by atoms with Gasteiger partial charge in [0.1, 0.15) is 0 Å². The average molecular weight is 464 g/mol. The van der Waals surface area contributed by atoms with E-state index in [-0.39, 0.29) is 5.91 Å². The molecule has 1 amide bonds. The molecule has 1 aliphatic rings. The van der Waals surface area contributed by atoms with E-state index in [1.54, 1.807) is 11.8 Å². The highest BCUT2D eigenvalue weighted by Gasteiger charge is 2.19. The summed E-state index contributed by atoms with van der Waals surface area (Å²) in [6.45, 7) is 3.69. The van der Waals surface area contributed by atoms with Gasteiger partial charge in [0.15, 0.2) is 5.16 Å². The normalized spacial score (nSPS) is 14.4. The fraction of sp³-hybridized carbons (Fsp3) is 0.385. The number of hydrogen-bond donors (Lipinski definition) is 2. The lowest BCUT2D eigenvalue weighted by Gasteiger charge is -2.34. The first-order valence-corrected chi connectivity index (χ1v) is 12.6. The molecule has 4 rings (SSSR count). The number of thioether (sulfide) groups is 1. The molecule has 7 heteroatoms. The third-order valence-electron chi connectivity index (χ3n) is 6.04. The zero-order valence-electron chi connectivity index (χ0n) is 19.2. The second-order valence-electron chi connectivity index (χ2n) is 8.49. The number of carbonyl (C=O) groups is 1. The topological polar surface area (TPSA) is 62.2 Å². The molecule has 3 aromatic rings. The van der Waals surface area contributed by atoms with Gasteiger partial charge in [-0.05, 0) is 36.1 Å². The van der Waals surface area contributed by atoms with Gasteiger partial charge in [0.05, 0.1) is 6.42 Å². The van der Waals surface area contributed by atoms with Gasteiger partial charge >= 0.3 is 0 Å². The first-order valence-electron chi connectivity index (χ1n) is 11.7. The monoisotopic (exact) mass is 463 g/mol. The van der Waals surface area contributed by atoms with E-state index < -0.39 is 0 Å². The standard InChI is InChI=1S/C26H33N5OS/c1-30-17-13-28-26(30)33-18-14-27-23-11-15-31(16-12-23)24-9-7-21(8-10-24)19-25(32)29-20-22-5-3-2-4-6-22/h2-10,13,17,23,27H,11-12,14-16,18-20H2,1H3,(H,29,32). The van der Waals surface area contributed by atoms with Crippen LogP contribution in [0, 0.1) is 0 Å². The van der Waals surface area contributed by atoms with Crippen LogP contribution in [0.3, 0.4) is 0 Å². The Morgan fingerprint density at radius 3 is 2.52 bits per heavy atom. The van der Waals surface area contributed by atoms with Crippen LogP contribution in [0.4, 0.5) is 5.69 Å². The number of nitrogens with zero attached hydrogens (tertiary/aromatic N) is 3. The number of piperidine rings is 1. The van der Waals surface area contributed by atoms with E-state index in [0.717, 1.165) is 54.5 Å². The number of hydrogen-bond acceptors (Lipinski definition) is 5.